The Hall–Kier alpha value is -1.26. The van der Waals surface area contributed by atoms with Gasteiger partial charge in [-0.1, -0.05) is 27.7 Å². The van der Waals surface area contributed by atoms with E-state index in [0.29, 0.717) is 24.8 Å². The van der Waals surface area contributed by atoms with Crippen molar-refractivity contribution >= 4 is 12.0 Å². The van der Waals surface area contributed by atoms with Crippen molar-refractivity contribution in [3.63, 3.8) is 0 Å². The fourth-order valence-electron chi connectivity index (χ4n) is 1.36. The number of likely N-dealkylation sites (N-methyl/N-ethyl adjacent to an activating group) is 1. The molecule has 0 spiro atoms. The van der Waals surface area contributed by atoms with Crippen LogP contribution in [0.4, 0.5) is 4.79 Å². The lowest BCUT2D eigenvalue weighted by Gasteiger charge is -2.25. The molecule has 0 aliphatic rings. The van der Waals surface area contributed by atoms with Crippen LogP contribution in [0, 0.1) is 11.8 Å². The van der Waals surface area contributed by atoms with E-state index in [1.807, 2.05) is 0 Å². The van der Waals surface area contributed by atoms with Crippen LogP contribution in [-0.2, 0) is 4.79 Å². The Kier molecular flexibility index (Phi) is 6.61. The quantitative estimate of drug-likeness (QED) is 0.748. The predicted molar refractivity (Wildman–Crippen MR) is 66.9 cm³/mol. The van der Waals surface area contributed by atoms with Crippen molar-refractivity contribution in [1.29, 1.82) is 0 Å². The van der Waals surface area contributed by atoms with Crippen LogP contribution in [-0.4, -0.2) is 41.6 Å². The van der Waals surface area contributed by atoms with Crippen LogP contribution in [0.3, 0.4) is 0 Å². The lowest BCUT2D eigenvalue weighted by atomic mass is 9.98. The topological polar surface area (TPSA) is 69.6 Å². The number of carbonyl (C=O) groups is 2. The minimum atomic E-state index is -0.970. The number of carboxylic acids is 1. The lowest BCUT2D eigenvalue weighted by molar-refractivity contribution is -0.141. The van der Waals surface area contributed by atoms with Gasteiger partial charge in [-0.2, -0.15) is 0 Å². The summed E-state index contributed by atoms with van der Waals surface area (Å²) in [5.74, 6) is -0.110. The summed E-state index contributed by atoms with van der Waals surface area (Å²) >= 11 is 0. The summed E-state index contributed by atoms with van der Waals surface area (Å²) in [6, 6.07) is -1.09. The molecule has 0 aliphatic carbocycles. The smallest absolute Gasteiger partial charge is 0.326 e. The molecular formula is C12H24N2O3. The van der Waals surface area contributed by atoms with E-state index >= 15 is 0 Å². The molecule has 0 heterocycles. The van der Waals surface area contributed by atoms with Gasteiger partial charge in [-0.3, -0.25) is 0 Å². The van der Waals surface area contributed by atoms with E-state index in [9.17, 15) is 9.59 Å². The molecule has 5 nitrogen and oxygen atoms in total. The van der Waals surface area contributed by atoms with Gasteiger partial charge in [0.05, 0.1) is 0 Å². The van der Waals surface area contributed by atoms with Crippen molar-refractivity contribution in [3.8, 4) is 0 Å². The summed E-state index contributed by atoms with van der Waals surface area (Å²) in [6.45, 7) is 8.55. The summed E-state index contributed by atoms with van der Waals surface area (Å²) in [4.78, 5) is 23.9. The maximum Gasteiger partial charge on any atom is 0.326 e. The zero-order valence-electron chi connectivity index (χ0n) is 11.4. The summed E-state index contributed by atoms with van der Waals surface area (Å²) in [7, 11) is 1.51. The molecule has 0 bridgehead atoms. The molecule has 0 saturated carbocycles. The first-order valence-electron chi connectivity index (χ1n) is 6.04. The van der Waals surface area contributed by atoms with Crippen LogP contribution >= 0.6 is 0 Å². The third-order valence-electron chi connectivity index (χ3n) is 3.17. The number of nitrogens with one attached hydrogen (secondary N) is 1. The highest BCUT2D eigenvalue weighted by Gasteiger charge is 2.24. The first kappa shape index (κ1) is 15.7. The number of hydrogen-bond acceptors (Lipinski definition) is 2. The monoisotopic (exact) mass is 244 g/mol. The average Bonchev–Trinajstić information content (AvgIpc) is 2.25. The molecule has 0 rings (SSSR count). The first-order chi connectivity index (χ1) is 7.81. The number of nitrogens with zero attached hydrogens (tertiary/aromatic N) is 1. The third kappa shape index (κ3) is 5.06. The van der Waals surface area contributed by atoms with Crippen LogP contribution in [0.5, 0.6) is 0 Å². The van der Waals surface area contributed by atoms with E-state index in [4.69, 9.17) is 5.11 Å². The van der Waals surface area contributed by atoms with E-state index in [1.54, 1.807) is 6.92 Å². The second-order valence-corrected chi connectivity index (χ2v) is 4.78. The van der Waals surface area contributed by atoms with E-state index < -0.39 is 12.0 Å². The van der Waals surface area contributed by atoms with Crippen molar-refractivity contribution in [1.82, 2.24) is 10.2 Å². The normalized spacial score (nSPS) is 14.2. The van der Waals surface area contributed by atoms with Crippen molar-refractivity contribution < 1.29 is 14.7 Å². The molecule has 5 heteroatoms. The number of urea groups is 1. The number of carbonyl (C=O) groups excluding carboxylic acids is 1. The minimum absolute atomic E-state index is 0.327. The summed E-state index contributed by atoms with van der Waals surface area (Å²) in [5.41, 5.74) is 0. The Morgan fingerprint density at radius 2 is 1.82 bits per heavy atom. The standard InChI is InChI=1S/C12H24N2O3/c1-6-10(11(15)16)14(5)12(17)13-7-9(4)8(2)3/h8-10H,6-7H2,1-5H3,(H,13,17)(H,15,16). The van der Waals surface area contributed by atoms with Crippen molar-refractivity contribution in [2.45, 2.75) is 40.2 Å². The number of carboxylic acid groups (broad SMARTS) is 1. The zero-order chi connectivity index (χ0) is 13.6. The summed E-state index contributed by atoms with van der Waals surface area (Å²) in [6.07, 6.45) is 0.402. The van der Waals surface area contributed by atoms with Gasteiger partial charge in [-0.05, 0) is 18.3 Å². The predicted octanol–water partition coefficient (Wildman–Crippen LogP) is 1.78. The molecule has 0 aliphatic heterocycles. The Morgan fingerprint density at radius 1 is 1.29 bits per heavy atom. The number of aliphatic carboxylic acids is 1. The highest BCUT2D eigenvalue weighted by molar-refractivity contribution is 5.82. The van der Waals surface area contributed by atoms with Gasteiger partial charge in [0.15, 0.2) is 0 Å². The SMILES string of the molecule is CCC(C(=O)O)N(C)C(=O)NCC(C)C(C)C. The van der Waals surface area contributed by atoms with Gasteiger partial charge in [-0.15, -0.1) is 0 Å². The van der Waals surface area contributed by atoms with E-state index in [0.717, 1.165) is 0 Å². The van der Waals surface area contributed by atoms with E-state index in [-0.39, 0.29) is 6.03 Å². The molecule has 0 fully saturated rings. The van der Waals surface area contributed by atoms with Crippen LogP contribution < -0.4 is 5.32 Å². The maximum atomic E-state index is 11.7. The Morgan fingerprint density at radius 3 is 2.18 bits per heavy atom. The molecule has 0 aromatic rings. The van der Waals surface area contributed by atoms with Gasteiger partial charge in [-0.25, -0.2) is 9.59 Å². The van der Waals surface area contributed by atoms with Crippen LogP contribution in [0.1, 0.15) is 34.1 Å². The second-order valence-electron chi connectivity index (χ2n) is 4.78. The lowest BCUT2D eigenvalue weighted by Crippen LogP contribution is -2.48. The van der Waals surface area contributed by atoms with E-state index in [2.05, 4.69) is 26.1 Å². The number of rotatable bonds is 6. The van der Waals surface area contributed by atoms with Gasteiger partial charge in [0, 0.05) is 13.6 Å². The van der Waals surface area contributed by atoms with Crippen molar-refractivity contribution in [2.75, 3.05) is 13.6 Å². The van der Waals surface area contributed by atoms with Gasteiger partial charge < -0.3 is 15.3 Å². The third-order valence-corrected chi connectivity index (χ3v) is 3.17. The zero-order valence-corrected chi connectivity index (χ0v) is 11.4. The molecule has 2 amide bonds. The van der Waals surface area contributed by atoms with Crippen molar-refractivity contribution in [3.05, 3.63) is 0 Å². The molecule has 17 heavy (non-hydrogen) atoms. The van der Waals surface area contributed by atoms with Gasteiger partial charge in [0.25, 0.3) is 0 Å². The fourth-order valence-corrected chi connectivity index (χ4v) is 1.36. The highest BCUT2D eigenvalue weighted by atomic mass is 16.4. The average molecular weight is 244 g/mol. The molecule has 2 atom stereocenters. The molecule has 0 saturated heterocycles. The summed E-state index contributed by atoms with van der Waals surface area (Å²) < 4.78 is 0. The largest absolute Gasteiger partial charge is 0.480 e. The Bertz CT molecular complexity index is 266. The van der Waals surface area contributed by atoms with Gasteiger partial charge in [0.1, 0.15) is 6.04 Å². The van der Waals surface area contributed by atoms with Crippen molar-refractivity contribution in [2.24, 2.45) is 11.8 Å². The Balaban J connectivity index is 4.26. The molecule has 2 N–H and O–H groups in total. The number of amides is 2. The van der Waals surface area contributed by atoms with Crippen LogP contribution in [0.2, 0.25) is 0 Å². The molecule has 0 aromatic carbocycles. The molecular weight excluding hydrogens is 220 g/mol. The molecule has 2 unspecified atom stereocenters. The van der Waals surface area contributed by atoms with E-state index in [1.165, 1.54) is 11.9 Å². The first-order valence-corrected chi connectivity index (χ1v) is 6.04. The molecule has 0 radical (unpaired) electrons. The number of hydrogen-bond donors (Lipinski definition) is 2. The second kappa shape index (κ2) is 7.14. The maximum absolute atomic E-state index is 11.7. The highest BCUT2D eigenvalue weighted by Crippen LogP contribution is 2.08. The van der Waals surface area contributed by atoms with Crippen LogP contribution in [0.25, 0.3) is 0 Å². The summed E-state index contributed by atoms with van der Waals surface area (Å²) in [5, 5.41) is 11.7. The Labute approximate surface area is 103 Å². The minimum Gasteiger partial charge on any atom is -0.480 e. The van der Waals surface area contributed by atoms with Crippen LogP contribution in [0.15, 0.2) is 0 Å². The van der Waals surface area contributed by atoms with Gasteiger partial charge in [0.2, 0.25) is 0 Å². The fraction of sp³-hybridized carbons (Fsp3) is 0.833. The molecule has 0 aromatic heterocycles. The van der Waals surface area contributed by atoms with Gasteiger partial charge >= 0.3 is 12.0 Å². The molecule has 100 valence electrons.